The standard InChI is InChI=1S/C9H18O2.3BF4.Na.H/c1-10-7-8-11-9-5-3-2-4-6-9;3*2-1(3,4)5;;/h9H,2-8H2,1H3;;;;;/q;3*-1;+1;-1. The van der Waals surface area contributed by atoms with Gasteiger partial charge in [0.25, 0.3) is 0 Å². The van der Waals surface area contributed by atoms with Gasteiger partial charge in [0.1, 0.15) is 0 Å². The van der Waals surface area contributed by atoms with E-state index in [0.717, 1.165) is 13.2 Å². The fraction of sp³-hybridized carbons (Fsp3) is 1.00. The Kier molecular flexibility index (Phi) is 23.6. The van der Waals surface area contributed by atoms with Gasteiger partial charge in [-0.1, -0.05) is 19.3 Å². The summed E-state index contributed by atoms with van der Waals surface area (Å²) in [6.07, 6.45) is 7.12. The van der Waals surface area contributed by atoms with Crippen molar-refractivity contribution in [2.75, 3.05) is 20.3 Å². The van der Waals surface area contributed by atoms with Gasteiger partial charge in [-0.25, -0.2) is 0 Å². The quantitative estimate of drug-likeness (QED) is 0.379. The van der Waals surface area contributed by atoms with E-state index in [4.69, 9.17) is 9.47 Å². The van der Waals surface area contributed by atoms with Crippen molar-refractivity contribution in [3.63, 3.8) is 0 Å². The Labute approximate surface area is 172 Å². The van der Waals surface area contributed by atoms with Crippen molar-refractivity contribution in [3.8, 4) is 0 Å². The van der Waals surface area contributed by atoms with E-state index in [9.17, 15) is 51.8 Å². The van der Waals surface area contributed by atoms with Gasteiger partial charge in [0, 0.05) is 7.11 Å². The van der Waals surface area contributed by atoms with Crippen LogP contribution in [-0.4, -0.2) is 48.2 Å². The van der Waals surface area contributed by atoms with Crippen molar-refractivity contribution in [3.05, 3.63) is 0 Å². The molecule has 0 aliphatic heterocycles. The molecule has 27 heavy (non-hydrogen) atoms. The van der Waals surface area contributed by atoms with E-state index < -0.39 is 21.8 Å². The molecule has 0 unspecified atom stereocenters. The Balaban J connectivity index is -0.0000000896. The van der Waals surface area contributed by atoms with E-state index >= 15 is 0 Å². The van der Waals surface area contributed by atoms with Crippen molar-refractivity contribution >= 4 is 21.8 Å². The van der Waals surface area contributed by atoms with Gasteiger partial charge < -0.3 is 62.7 Å². The first-order chi connectivity index (χ1) is 11.4. The molecule has 0 radical (unpaired) electrons. The van der Waals surface area contributed by atoms with Gasteiger partial charge in [-0.3, -0.25) is 0 Å². The third-order valence-corrected chi connectivity index (χ3v) is 2.19. The smallest absolute Gasteiger partial charge is 1.00 e. The topological polar surface area (TPSA) is 18.5 Å². The third-order valence-electron chi connectivity index (χ3n) is 2.19. The number of hydrogen-bond donors (Lipinski definition) is 0. The minimum absolute atomic E-state index is 0. The molecule has 0 aromatic carbocycles. The van der Waals surface area contributed by atoms with Crippen LogP contribution in [0, 0.1) is 0 Å². The molecule has 0 aromatic rings. The first-order valence-corrected chi connectivity index (χ1v) is 7.16. The van der Waals surface area contributed by atoms with Crippen LogP contribution in [0.4, 0.5) is 51.8 Å². The zero-order chi connectivity index (χ0) is 21.4. The van der Waals surface area contributed by atoms with Gasteiger partial charge >= 0.3 is 51.3 Å². The zero-order valence-corrected chi connectivity index (χ0v) is 16.6. The maximum absolute atomic E-state index is 9.75. The molecule has 0 aromatic heterocycles. The van der Waals surface area contributed by atoms with Gasteiger partial charge in [0.2, 0.25) is 0 Å². The van der Waals surface area contributed by atoms with E-state index in [-0.39, 0.29) is 31.0 Å². The number of methoxy groups -OCH3 is 1. The summed E-state index contributed by atoms with van der Waals surface area (Å²) >= 11 is 0. The fourth-order valence-electron chi connectivity index (χ4n) is 1.53. The Morgan fingerprint density at radius 3 is 1.22 bits per heavy atom. The van der Waals surface area contributed by atoms with Crippen molar-refractivity contribution in [2.24, 2.45) is 0 Å². The van der Waals surface area contributed by atoms with Crippen LogP contribution in [0.25, 0.3) is 0 Å². The molecule has 0 bridgehead atoms. The summed E-state index contributed by atoms with van der Waals surface area (Å²) in [6, 6.07) is 0. The Bertz CT molecular complexity index is 270. The molecule has 2 nitrogen and oxygen atoms in total. The molecule has 1 aliphatic carbocycles. The molecule has 0 atom stereocenters. The molecule has 1 aliphatic rings. The molecular formula is C9H19B3F12NaO2-3. The molecule has 0 N–H and O–H groups in total. The number of halogens is 12. The fourth-order valence-corrected chi connectivity index (χ4v) is 1.53. The van der Waals surface area contributed by atoms with Crippen molar-refractivity contribution < 1.29 is 92.2 Å². The molecule has 1 saturated carbocycles. The van der Waals surface area contributed by atoms with Crippen molar-refractivity contribution in [1.29, 1.82) is 0 Å². The van der Waals surface area contributed by atoms with Crippen LogP contribution in [0.5, 0.6) is 0 Å². The maximum Gasteiger partial charge on any atom is 1.00 e. The largest absolute Gasteiger partial charge is 1.00 e. The second kappa shape index (κ2) is 18.3. The van der Waals surface area contributed by atoms with Crippen LogP contribution in [-0.2, 0) is 9.47 Å². The summed E-state index contributed by atoms with van der Waals surface area (Å²) in [4.78, 5) is 0. The Morgan fingerprint density at radius 1 is 0.667 bits per heavy atom. The van der Waals surface area contributed by atoms with Crippen LogP contribution in [0.2, 0.25) is 0 Å². The van der Waals surface area contributed by atoms with E-state index in [1.165, 1.54) is 32.1 Å². The van der Waals surface area contributed by atoms with Crippen molar-refractivity contribution in [1.82, 2.24) is 0 Å². The Morgan fingerprint density at radius 2 is 0.963 bits per heavy atom. The second-order valence-corrected chi connectivity index (χ2v) is 4.61. The van der Waals surface area contributed by atoms with Gasteiger partial charge in [-0.2, -0.15) is 0 Å². The summed E-state index contributed by atoms with van der Waals surface area (Å²) in [7, 11) is -16.3. The third kappa shape index (κ3) is 87.9. The average molecular weight is 443 g/mol. The monoisotopic (exact) mass is 443 g/mol. The first-order valence-electron chi connectivity index (χ1n) is 7.16. The summed E-state index contributed by atoms with van der Waals surface area (Å²) < 4.78 is 128. The molecule has 0 heterocycles. The van der Waals surface area contributed by atoms with Crippen LogP contribution in [0.3, 0.4) is 0 Å². The van der Waals surface area contributed by atoms with Gasteiger partial charge in [0.05, 0.1) is 19.3 Å². The summed E-state index contributed by atoms with van der Waals surface area (Å²) in [5.74, 6) is 0. The van der Waals surface area contributed by atoms with E-state index in [1.54, 1.807) is 7.11 Å². The van der Waals surface area contributed by atoms with E-state index in [2.05, 4.69) is 0 Å². The predicted octanol–water partition coefficient (Wildman–Crippen LogP) is 3.00. The number of rotatable bonds is 4. The second-order valence-electron chi connectivity index (χ2n) is 4.61. The summed E-state index contributed by atoms with van der Waals surface area (Å²) in [6.45, 7) is 1.50. The predicted molar refractivity (Wildman–Crippen MR) is 76.4 cm³/mol. The van der Waals surface area contributed by atoms with E-state index in [0.29, 0.717) is 6.10 Å². The minimum atomic E-state index is -6.00. The molecule has 1 rings (SSSR count). The molecule has 1 fully saturated rings. The number of hydrogen-bond acceptors (Lipinski definition) is 2. The van der Waals surface area contributed by atoms with Crippen LogP contribution < -0.4 is 29.6 Å². The van der Waals surface area contributed by atoms with Crippen LogP contribution in [0.1, 0.15) is 33.5 Å². The average Bonchev–Trinajstić information content (AvgIpc) is 2.34. The van der Waals surface area contributed by atoms with E-state index in [1.807, 2.05) is 0 Å². The minimum Gasteiger partial charge on any atom is -1.00 e. The molecule has 164 valence electrons. The normalized spacial score (nSPS) is 15.0. The van der Waals surface area contributed by atoms with Gasteiger partial charge in [-0.05, 0) is 12.8 Å². The number of ether oxygens (including phenoxy) is 2. The van der Waals surface area contributed by atoms with Gasteiger partial charge in [-0.15, -0.1) is 0 Å². The zero-order valence-electron chi connectivity index (χ0n) is 15.6. The molecule has 0 spiro atoms. The molecule has 0 saturated heterocycles. The molecule has 18 heteroatoms. The van der Waals surface area contributed by atoms with Crippen LogP contribution in [0.15, 0.2) is 0 Å². The molecule has 0 amide bonds. The SMILES string of the molecule is COCCOC1CCCCC1.F[B-](F)(F)F.F[B-](F)(F)F.F[B-](F)(F)F.[H-].[Na+]. The van der Waals surface area contributed by atoms with Gasteiger partial charge in [0.15, 0.2) is 0 Å². The van der Waals surface area contributed by atoms with Crippen molar-refractivity contribution in [2.45, 2.75) is 38.2 Å². The van der Waals surface area contributed by atoms with Crippen LogP contribution >= 0.6 is 0 Å². The summed E-state index contributed by atoms with van der Waals surface area (Å²) in [5.41, 5.74) is 0. The summed E-state index contributed by atoms with van der Waals surface area (Å²) in [5, 5.41) is 0. The maximum atomic E-state index is 9.75. The first kappa shape index (κ1) is 34.8. The molecular weight excluding hydrogens is 423 g/mol. The Hall–Kier alpha value is 0.275.